The Morgan fingerprint density at radius 3 is 2.37 bits per heavy atom. The number of nitrogens with zero attached hydrogens (tertiary/aromatic N) is 1. The molecule has 0 fully saturated rings. The van der Waals surface area contributed by atoms with Crippen LogP contribution in [0.1, 0.15) is 12.5 Å². The van der Waals surface area contributed by atoms with E-state index in [1.807, 2.05) is 18.2 Å². The normalized spacial score (nSPS) is 11.4. The molecule has 0 heterocycles. The van der Waals surface area contributed by atoms with Gasteiger partial charge in [-0.25, -0.2) is 4.79 Å². The highest BCUT2D eigenvalue weighted by atomic mass is 35.5. The fourth-order valence-electron chi connectivity index (χ4n) is 2.77. The number of rotatable bonds is 8. The zero-order valence-corrected chi connectivity index (χ0v) is 18.8. The predicted molar refractivity (Wildman–Crippen MR) is 119 cm³/mol. The van der Waals surface area contributed by atoms with Crippen LogP contribution in [0.3, 0.4) is 0 Å². The van der Waals surface area contributed by atoms with Gasteiger partial charge in [-0.05, 0) is 49.2 Å². The molecule has 0 radical (unpaired) electrons. The van der Waals surface area contributed by atoms with Crippen LogP contribution in [0.2, 0.25) is 10.0 Å². The molecular formula is C21H25Cl2N3O4. The average Bonchev–Trinajstić information content (AvgIpc) is 2.73. The van der Waals surface area contributed by atoms with Crippen LogP contribution in [0.5, 0.6) is 11.5 Å². The Kier molecular flexibility index (Phi) is 8.62. The number of urea groups is 1. The highest BCUT2D eigenvalue weighted by Crippen LogP contribution is 2.28. The summed E-state index contributed by atoms with van der Waals surface area (Å²) in [6.07, 6.45) is 0.630. The van der Waals surface area contributed by atoms with Gasteiger partial charge in [-0.2, -0.15) is 0 Å². The summed E-state index contributed by atoms with van der Waals surface area (Å²) in [5, 5.41) is 5.97. The first kappa shape index (κ1) is 23.6. The van der Waals surface area contributed by atoms with Crippen molar-refractivity contribution in [1.82, 2.24) is 10.2 Å². The van der Waals surface area contributed by atoms with Gasteiger partial charge in [0.25, 0.3) is 0 Å². The summed E-state index contributed by atoms with van der Waals surface area (Å²) in [5.41, 5.74) is 1.48. The minimum absolute atomic E-state index is 0.209. The number of likely N-dealkylation sites (N-methyl/N-ethyl adjacent to an activating group) is 1. The van der Waals surface area contributed by atoms with E-state index in [2.05, 4.69) is 10.6 Å². The van der Waals surface area contributed by atoms with E-state index in [0.717, 1.165) is 5.56 Å². The minimum Gasteiger partial charge on any atom is -0.493 e. The maximum absolute atomic E-state index is 12.6. The molecule has 2 aromatic carbocycles. The SMILES string of the molecule is COc1ccc(CCN(C)C(=O)C(C)NC(=O)Nc2ccc(Cl)c(Cl)c2)cc1OC. The average molecular weight is 454 g/mol. The number of halogens is 2. The molecule has 0 saturated carbocycles. The lowest BCUT2D eigenvalue weighted by molar-refractivity contribution is -0.131. The Morgan fingerprint density at radius 2 is 1.73 bits per heavy atom. The standard InChI is InChI=1S/C21H25Cl2N3O4/c1-13(24-21(28)25-15-6-7-16(22)17(23)12-15)20(27)26(2)10-9-14-5-8-18(29-3)19(11-14)30-4/h5-8,11-13H,9-10H2,1-4H3,(H2,24,25,28). The molecule has 0 aromatic heterocycles. The number of hydrogen-bond donors (Lipinski definition) is 2. The first-order valence-corrected chi connectivity index (χ1v) is 9.99. The van der Waals surface area contributed by atoms with Gasteiger partial charge in [0.2, 0.25) is 5.91 Å². The maximum Gasteiger partial charge on any atom is 0.319 e. The van der Waals surface area contributed by atoms with E-state index in [0.29, 0.717) is 40.2 Å². The van der Waals surface area contributed by atoms with E-state index in [1.165, 1.54) is 6.07 Å². The fourth-order valence-corrected chi connectivity index (χ4v) is 3.07. The van der Waals surface area contributed by atoms with Crippen LogP contribution in [0.25, 0.3) is 0 Å². The predicted octanol–water partition coefficient (Wildman–Crippen LogP) is 4.22. The van der Waals surface area contributed by atoms with Gasteiger partial charge in [-0.15, -0.1) is 0 Å². The molecular weight excluding hydrogens is 429 g/mol. The highest BCUT2D eigenvalue weighted by Gasteiger charge is 2.19. The van der Waals surface area contributed by atoms with E-state index >= 15 is 0 Å². The number of anilines is 1. The lowest BCUT2D eigenvalue weighted by Crippen LogP contribution is -2.47. The van der Waals surface area contributed by atoms with Gasteiger partial charge >= 0.3 is 6.03 Å². The lowest BCUT2D eigenvalue weighted by Gasteiger charge is -2.22. The number of benzene rings is 2. The topological polar surface area (TPSA) is 79.9 Å². The van der Waals surface area contributed by atoms with Crippen LogP contribution >= 0.6 is 23.2 Å². The van der Waals surface area contributed by atoms with Crippen molar-refractivity contribution in [2.24, 2.45) is 0 Å². The molecule has 0 bridgehead atoms. The smallest absolute Gasteiger partial charge is 0.319 e. The number of ether oxygens (including phenoxy) is 2. The van der Waals surface area contributed by atoms with E-state index in [9.17, 15) is 9.59 Å². The summed E-state index contributed by atoms with van der Waals surface area (Å²) in [5.74, 6) is 1.08. The molecule has 2 rings (SSSR count). The van der Waals surface area contributed by atoms with Crippen LogP contribution in [-0.2, 0) is 11.2 Å². The maximum atomic E-state index is 12.6. The summed E-state index contributed by atoms with van der Waals surface area (Å²) in [4.78, 5) is 26.3. The molecule has 7 nitrogen and oxygen atoms in total. The molecule has 3 amide bonds. The first-order valence-electron chi connectivity index (χ1n) is 9.23. The molecule has 2 N–H and O–H groups in total. The molecule has 0 aliphatic heterocycles. The lowest BCUT2D eigenvalue weighted by atomic mass is 10.1. The van der Waals surface area contributed by atoms with Crippen molar-refractivity contribution >= 4 is 40.8 Å². The van der Waals surface area contributed by atoms with Gasteiger partial charge in [-0.3, -0.25) is 4.79 Å². The van der Waals surface area contributed by atoms with Crippen molar-refractivity contribution in [2.75, 3.05) is 33.1 Å². The van der Waals surface area contributed by atoms with Gasteiger partial charge in [0.1, 0.15) is 6.04 Å². The Bertz CT molecular complexity index is 908. The van der Waals surface area contributed by atoms with Crippen molar-refractivity contribution in [3.63, 3.8) is 0 Å². The summed E-state index contributed by atoms with van der Waals surface area (Å²) < 4.78 is 10.5. The number of carbonyl (C=O) groups is 2. The number of amides is 3. The van der Waals surface area contributed by atoms with Gasteiger partial charge in [-0.1, -0.05) is 29.3 Å². The zero-order valence-electron chi connectivity index (χ0n) is 17.3. The van der Waals surface area contributed by atoms with Gasteiger partial charge in [0.15, 0.2) is 11.5 Å². The quantitative estimate of drug-likeness (QED) is 0.626. The molecule has 0 aliphatic carbocycles. The van der Waals surface area contributed by atoms with Crippen molar-refractivity contribution in [3.05, 3.63) is 52.0 Å². The second kappa shape index (κ2) is 10.9. The summed E-state index contributed by atoms with van der Waals surface area (Å²) in [7, 11) is 4.85. The number of hydrogen-bond acceptors (Lipinski definition) is 4. The van der Waals surface area contributed by atoms with Gasteiger partial charge in [0.05, 0.1) is 24.3 Å². The van der Waals surface area contributed by atoms with Crippen LogP contribution in [-0.4, -0.2) is 50.7 Å². The molecule has 9 heteroatoms. The van der Waals surface area contributed by atoms with E-state index in [4.69, 9.17) is 32.7 Å². The number of methoxy groups -OCH3 is 2. The van der Waals surface area contributed by atoms with Crippen LogP contribution in [0.15, 0.2) is 36.4 Å². The molecule has 0 aliphatic rings. The van der Waals surface area contributed by atoms with Crippen molar-refractivity contribution in [3.8, 4) is 11.5 Å². The Hall–Kier alpha value is -2.64. The third-order valence-corrected chi connectivity index (χ3v) is 5.19. The van der Waals surface area contributed by atoms with Crippen molar-refractivity contribution in [2.45, 2.75) is 19.4 Å². The first-order chi connectivity index (χ1) is 14.2. The van der Waals surface area contributed by atoms with E-state index in [1.54, 1.807) is 45.2 Å². The third kappa shape index (κ3) is 6.43. The Labute approximate surface area is 186 Å². The van der Waals surface area contributed by atoms with Crippen LogP contribution < -0.4 is 20.1 Å². The summed E-state index contributed by atoms with van der Waals surface area (Å²) >= 11 is 11.8. The van der Waals surface area contributed by atoms with Crippen molar-refractivity contribution < 1.29 is 19.1 Å². The molecule has 2 aromatic rings. The van der Waals surface area contributed by atoms with Crippen LogP contribution in [0, 0.1) is 0 Å². The monoisotopic (exact) mass is 453 g/mol. The number of nitrogens with one attached hydrogen (secondary N) is 2. The third-order valence-electron chi connectivity index (χ3n) is 4.46. The van der Waals surface area contributed by atoms with E-state index in [-0.39, 0.29) is 5.91 Å². The second-order valence-electron chi connectivity index (χ2n) is 6.65. The molecule has 0 spiro atoms. The zero-order chi connectivity index (χ0) is 22.3. The second-order valence-corrected chi connectivity index (χ2v) is 7.46. The van der Waals surface area contributed by atoms with Crippen LogP contribution in [0.4, 0.5) is 10.5 Å². The van der Waals surface area contributed by atoms with Gasteiger partial charge < -0.3 is 25.0 Å². The highest BCUT2D eigenvalue weighted by molar-refractivity contribution is 6.42. The number of carbonyl (C=O) groups excluding carboxylic acids is 2. The molecule has 30 heavy (non-hydrogen) atoms. The Balaban J connectivity index is 1.87. The largest absolute Gasteiger partial charge is 0.493 e. The Morgan fingerprint density at radius 1 is 1.03 bits per heavy atom. The van der Waals surface area contributed by atoms with E-state index < -0.39 is 12.1 Å². The summed E-state index contributed by atoms with van der Waals surface area (Å²) in [6, 6.07) is 9.14. The van der Waals surface area contributed by atoms with Crippen molar-refractivity contribution in [1.29, 1.82) is 0 Å². The summed E-state index contributed by atoms with van der Waals surface area (Å²) in [6.45, 7) is 2.11. The minimum atomic E-state index is -0.705. The molecule has 0 saturated heterocycles. The fraction of sp³-hybridized carbons (Fsp3) is 0.333. The molecule has 1 unspecified atom stereocenters. The van der Waals surface area contributed by atoms with Gasteiger partial charge in [0, 0.05) is 19.3 Å². The molecule has 1 atom stereocenters. The molecule has 162 valence electrons.